The van der Waals surface area contributed by atoms with E-state index in [4.69, 9.17) is 0 Å². The van der Waals surface area contributed by atoms with Gasteiger partial charge in [-0.1, -0.05) is 0 Å². The first-order valence-electron chi connectivity index (χ1n) is 4.35. The van der Waals surface area contributed by atoms with Crippen molar-refractivity contribution in [2.75, 3.05) is 18.5 Å². The van der Waals surface area contributed by atoms with E-state index < -0.39 is 18.7 Å². The number of carbonyl (C=O) groups is 1. The third kappa shape index (κ3) is 3.79. The van der Waals surface area contributed by atoms with Crippen molar-refractivity contribution in [3.8, 4) is 0 Å². The molecule has 0 saturated carbocycles. The average Bonchev–Trinajstić information content (AvgIpc) is 2.62. The van der Waals surface area contributed by atoms with Gasteiger partial charge in [0.05, 0.1) is 6.61 Å². The molecule has 0 saturated heterocycles. The van der Waals surface area contributed by atoms with Crippen LogP contribution >= 0.6 is 0 Å². The zero-order chi connectivity index (χ0) is 12.2. The highest BCUT2D eigenvalue weighted by molar-refractivity contribution is 5.87. The number of hydrogen-bond acceptors (Lipinski definition) is 5. The topological polar surface area (TPSA) is 64.4 Å². The summed E-state index contributed by atoms with van der Waals surface area (Å²) in [6, 6.07) is -0.375. The van der Waals surface area contributed by atoms with E-state index in [-0.39, 0.29) is 18.3 Å². The number of nitrogens with one attached hydrogen (secondary N) is 1. The molecule has 0 radical (unpaired) electrons. The number of ether oxygens (including phenoxy) is 1. The van der Waals surface area contributed by atoms with E-state index in [2.05, 4.69) is 14.1 Å². The van der Waals surface area contributed by atoms with Crippen molar-refractivity contribution in [1.82, 2.24) is 4.98 Å². The number of aromatic nitrogens is 1. The van der Waals surface area contributed by atoms with Crippen LogP contribution in [0.3, 0.4) is 0 Å². The summed E-state index contributed by atoms with van der Waals surface area (Å²) in [5.74, 6) is -0.744. The smallest absolute Gasteiger partial charge is 0.405 e. The van der Waals surface area contributed by atoms with Gasteiger partial charge in [0.25, 0.3) is 6.01 Å². The first kappa shape index (κ1) is 12.3. The van der Waals surface area contributed by atoms with E-state index in [9.17, 15) is 18.0 Å². The molecule has 0 spiro atoms. The Labute approximate surface area is 88.6 Å². The molecule has 0 unspecified atom stereocenters. The van der Waals surface area contributed by atoms with Gasteiger partial charge in [0.2, 0.25) is 0 Å². The van der Waals surface area contributed by atoms with Crippen molar-refractivity contribution >= 4 is 12.0 Å². The quantitative estimate of drug-likeness (QED) is 0.810. The van der Waals surface area contributed by atoms with Gasteiger partial charge in [-0.25, -0.2) is 4.79 Å². The first-order chi connectivity index (χ1) is 7.42. The molecule has 1 aromatic heterocycles. The molecule has 1 rings (SSSR count). The lowest BCUT2D eigenvalue weighted by atomic mass is 10.5. The predicted octanol–water partition coefficient (Wildman–Crippen LogP) is 1.83. The summed E-state index contributed by atoms with van der Waals surface area (Å²) < 4.78 is 44.6. The van der Waals surface area contributed by atoms with Gasteiger partial charge >= 0.3 is 12.1 Å². The predicted molar refractivity (Wildman–Crippen MR) is 47.0 cm³/mol. The highest BCUT2D eigenvalue weighted by Gasteiger charge is 2.27. The number of nitrogens with zero attached hydrogens (tertiary/aromatic N) is 1. The fourth-order valence-electron chi connectivity index (χ4n) is 0.830. The summed E-state index contributed by atoms with van der Waals surface area (Å²) in [6.45, 7) is 0.466. The highest BCUT2D eigenvalue weighted by atomic mass is 19.4. The molecule has 8 heteroatoms. The summed E-state index contributed by atoms with van der Waals surface area (Å²) >= 11 is 0. The second-order valence-corrected chi connectivity index (χ2v) is 2.73. The molecule has 0 amide bonds. The zero-order valence-electron chi connectivity index (χ0n) is 8.30. The Morgan fingerprint density at radius 3 is 2.88 bits per heavy atom. The molecule has 16 heavy (non-hydrogen) atoms. The van der Waals surface area contributed by atoms with Gasteiger partial charge in [0, 0.05) is 0 Å². The van der Waals surface area contributed by atoms with Crippen LogP contribution in [0.15, 0.2) is 10.7 Å². The van der Waals surface area contributed by atoms with Crippen LogP contribution < -0.4 is 5.32 Å². The zero-order valence-corrected chi connectivity index (χ0v) is 8.30. The van der Waals surface area contributed by atoms with Crippen LogP contribution in [0.5, 0.6) is 0 Å². The lowest BCUT2D eigenvalue weighted by Crippen LogP contribution is -2.21. The van der Waals surface area contributed by atoms with Crippen LogP contribution in [-0.4, -0.2) is 30.3 Å². The summed E-state index contributed by atoms with van der Waals surface area (Å²) in [5, 5.41) is 1.89. The number of hydrogen-bond donors (Lipinski definition) is 1. The number of anilines is 1. The molecule has 0 fully saturated rings. The van der Waals surface area contributed by atoms with Gasteiger partial charge in [-0.2, -0.15) is 18.2 Å². The van der Waals surface area contributed by atoms with Gasteiger partial charge in [-0.05, 0) is 6.92 Å². The van der Waals surface area contributed by atoms with E-state index in [1.165, 1.54) is 0 Å². The third-order valence-electron chi connectivity index (χ3n) is 1.43. The van der Waals surface area contributed by atoms with E-state index >= 15 is 0 Å². The van der Waals surface area contributed by atoms with Gasteiger partial charge in [0.15, 0.2) is 5.69 Å². The molecule has 0 atom stereocenters. The van der Waals surface area contributed by atoms with E-state index in [0.29, 0.717) is 0 Å². The lowest BCUT2D eigenvalue weighted by molar-refractivity contribution is -0.115. The molecule has 5 nitrogen and oxygen atoms in total. The Hall–Kier alpha value is -1.73. The maximum absolute atomic E-state index is 11.8. The fourth-order valence-corrected chi connectivity index (χ4v) is 0.830. The van der Waals surface area contributed by atoms with Crippen molar-refractivity contribution in [3.63, 3.8) is 0 Å². The van der Waals surface area contributed by atoms with Crippen LogP contribution in [0.2, 0.25) is 0 Å². The Morgan fingerprint density at radius 2 is 2.31 bits per heavy atom. The van der Waals surface area contributed by atoms with E-state index in [1.807, 2.05) is 5.32 Å². The Balaban J connectivity index is 2.55. The molecule has 0 aliphatic heterocycles. The van der Waals surface area contributed by atoms with Crippen LogP contribution in [0, 0.1) is 0 Å². The van der Waals surface area contributed by atoms with Crippen molar-refractivity contribution in [2.45, 2.75) is 13.1 Å². The van der Waals surface area contributed by atoms with Crippen LogP contribution in [0.25, 0.3) is 0 Å². The van der Waals surface area contributed by atoms with Crippen LogP contribution in [0.1, 0.15) is 17.4 Å². The maximum atomic E-state index is 11.8. The standard InChI is InChI=1S/C8H9F3N2O3/c1-2-15-6(14)5-3-16-7(13-5)12-4-8(9,10)11/h3H,2,4H2,1H3,(H,12,13). The molecule has 0 aliphatic rings. The molecule has 90 valence electrons. The van der Waals surface area contributed by atoms with Gasteiger partial charge in [0.1, 0.15) is 12.8 Å². The second kappa shape index (κ2) is 4.86. The van der Waals surface area contributed by atoms with Crippen molar-refractivity contribution in [1.29, 1.82) is 0 Å². The van der Waals surface area contributed by atoms with Crippen molar-refractivity contribution < 1.29 is 27.1 Å². The highest BCUT2D eigenvalue weighted by Crippen LogP contribution is 2.16. The molecule has 1 N–H and O–H groups in total. The molecular formula is C8H9F3N2O3. The molecule has 0 aliphatic carbocycles. The average molecular weight is 238 g/mol. The van der Waals surface area contributed by atoms with Crippen molar-refractivity contribution in [3.05, 3.63) is 12.0 Å². The molecule has 0 bridgehead atoms. The lowest BCUT2D eigenvalue weighted by Gasteiger charge is -2.04. The normalized spacial score (nSPS) is 11.2. The Bertz CT molecular complexity index is 362. The van der Waals surface area contributed by atoms with Crippen molar-refractivity contribution in [2.24, 2.45) is 0 Å². The SMILES string of the molecule is CCOC(=O)c1coc(NCC(F)(F)F)n1. The monoisotopic (exact) mass is 238 g/mol. The Morgan fingerprint density at radius 1 is 1.62 bits per heavy atom. The van der Waals surface area contributed by atoms with Gasteiger partial charge < -0.3 is 14.5 Å². The summed E-state index contributed by atoms with van der Waals surface area (Å²) in [6.07, 6.45) is -3.45. The fraction of sp³-hybridized carbons (Fsp3) is 0.500. The van der Waals surface area contributed by atoms with E-state index in [1.54, 1.807) is 6.92 Å². The largest absolute Gasteiger partial charge is 0.461 e. The third-order valence-corrected chi connectivity index (χ3v) is 1.43. The number of oxazole rings is 1. The molecular weight excluding hydrogens is 229 g/mol. The van der Waals surface area contributed by atoms with Crippen LogP contribution in [0.4, 0.5) is 19.2 Å². The minimum Gasteiger partial charge on any atom is -0.461 e. The van der Waals surface area contributed by atoms with Crippen LogP contribution in [-0.2, 0) is 4.74 Å². The minimum absolute atomic E-state index is 0.150. The van der Waals surface area contributed by atoms with Gasteiger partial charge in [-0.3, -0.25) is 0 Å². The molecule has 1 heterocycles. The number of alkyl halides is 3. The summed E-state index contributed by atoms with van der Waals surface area (Å²) in [7, 11) is 0. The summed E-state index contributed by atoms with van der Waals surface area (Å²) in [4.78, 5) is 14.5. The number of esters is 1. The molecule has 1 aromatic rings. The number of rotatable bonds is 4. The minimum atomic E-state index is -4.38. The first-order valence-corrected chi connectivity index (χ1v) is 4.35. The van der Waals surface area contributed by atoms with E-state index in [0.717, 1.165) is 6.26 Å². The summed E-state index contributed by atoms with van der Waals surface area (Å²) in [5.41, 5.74) is -0.175. The number of halogens is 3. The second-order valence-electron chi connectivity index (χ2n) is 2.73. The maximum Gasteiger partial charge on any atom is 0.405 e. The molecule has 0 aromatic carbocycles. The number of carbonyl (C=O) groups excluding carboxylic acids is 1. The van der Waals surface area contributed by atoms with Gasteiger partial charge in [-0.15, -0.1) is 0 Å². The Kier molecular flexibility index (Phi) is 3.75.